The molecule has 0 aliphatic carbocycles. The molecule has 1 N–H and O–H groups in total. The Balaban J connectivity index is 2.39. The van der Waals surface area contributed by atoms with Crippen LogP contribution >= 0.6 is 0 Å². The number of nitrogens with zero attached hydrogens (tertiary/aromatic N) is 3. The van der Waals surface area contributed by atoms with Crippen molar-refractivity contribution >= 4 is 11.6 Å². The molecule has 1 fully saturated rings. The second kappa shape index (κ2) is 6.18. The third-order valence-electron chi connectivity index (χ3n) is 3.70. The van der Waals surface area contributed by atoms with Gasteiger partial charge in [0.25, 0.3) is 0 Å². The van der Waals surface area contributed by atoms with Crippen LogP contribution in [0.25, 0.3) is 0 Å². The molecule has 1 aromatic heterocycles. The van der Waals surface area contributed by atoms with Gasteiger partial charge in [-0.3, -0.25) is 0 Å². The van der Waals surface area contributed by atoms with E-state index in [9.17, 15) is 0 Å². The zero-order chi connectivity index (χ0) is 15.6. The molecule has 0 aromatic carbocycles. The average molecular weight is 292 g/mol. The van der Waals surface area contributed by atoms with Gasteiger partial charge in [-0.15, -0.1) is 0 Å². The minimum absolute atomic E-state index is 0.153. The highest BCUT2D eigenvalue weighted by atomic mass is 16.5. The smallest absolute Gasteiger partial charge is 0.137 e. The lowest BCUT2D eigenvalue weighted by Crippen LogP contribution is -2.52. The number of aryl methyl sites for hydroxylation is 1. The predicted octanol–water partition coefficient (Wildman–Crippen LogP) is 2.78. The standard InChI is InChI=1S/C16H28N4O/c1-7-13-18-14(17-8-2)12(4)15(19-13)20-9-11(3)21-16(5,6)10-20/h11H,7-10H2,1-6H3,(H,17,18,19). The van der Waals surface area contributed by atoms with E-state index in [0.717, 1.165) is 49.1 Å². The monoisotopic (exact) mass is 292 g/mol. The van der Waals surface area contributed by atoms with Gasteiger partial charge in [0.1, 0.15) is 17.5 Å². The molecule has 5 nitrogen and oxygen atoms in total. The van der Waals surface area contributed by atoms with Crippen LogP contribution in [0.5, 0.6) is 0 Å². The van der Waals surface area contributed by atoms with Crippen LogP contribution in [-0.2, 0) is 11.2 Å². The maximum atomic E-state index is 6.00. The van der Waals surface area contributed by atoms with Crippen LogP contribution in [0, 0.1) is 6.92 Å². The van der Waals surface area contributed by atoms with Crippen molar-refractivity contribution in [3.63, 3.8) is 0 Å². The van der Waals surface area contributed by atoms with Gasteiger partial charge in [-0.1, -0.05) is 6.92 Å². The van der Waals surface area contributed by atoms with Gasteiger partial charge in [0.05, 0.1) is 11.7 Å². The Morgan fingerprint density at radius 3 is 2.62 bits per heavy atom. The number of morpholine rings is 1. The molecule has 1 atom stereocenters. The first-order valence-electron chi connectivity index (χ1n) is 7.90. The number of ether oxygens (including phenoxy) is 1. The van der Waals surface area contributed by atoms with Crippen LogP contribution in [0.4, 0.5) is 11.6 Å². The Kier molecular flexibility index (Phi) is 4.71. The molecule has 1 unspecified atom stereocenters. The van der Waals surface area contributed by atoms with Crippen LogP contribution in [0.2, 0.25) is 0 Å². The first-order chi connectivity index (χ1) is 9.86. The number of aromatic nitrogens is 2. The lowest BCUT2D eigenvalue weighted by molar-refractivity contribution is -0.0752. The normalized spacial score (nSPS) is 21.4. The molecule has 1 aliphatic rings. The largest absolute Gasteiger partial charge is 0.370 e. The first-order valence-corrected chi connectivity index (χ1v) is 7.90. The highest BCUT2D eigenvalue weighted by Gasteiger charge is 2.33. The van der Waals surface area contributed by atoms with Crippen molar-refractivity contribution in [3.05, 3.63) is 11.4 Å². The summed E-state index contributed by atoms with van der Waals surface area (Å²) in [6.45, 7) is 15.3. The topological polar surface area (TPSA) is 50.3 Å². The maximum absolute atomic E-state index is 6.00. The molecule has 0 bridgehead atoms. The second-order valence-electron chi connectivity index (χ2n) is 6.39. The molecular formula is C16H28N4O. The molecule has 2 rings (SSSR count). The SMILES string of the molecule is CCNc1nc(CC)nc(N2CC(C)OC(C)(C)C2)c1C. The van der Waals surface area contributed by atoms with E-state index >= 15 is 0 Å². The molecule has 21 heavy (non-hydrogen) atoms. The van der Waals surface area contributed by atoms with E-state index in [2.05, 4.69) is 56.7 Å². The molecule has 0 amide bonds. The van der Waals surface area contributed by atoms with Crippen molar-refractivity contribution < 1.29 is 4.74 Å². The van der Waals surface area contributed by atoms with Gasteiger partial charge in [0, 0.05) is 31.6 Å². The second-order valence-corrected chi connectivity index (χ2v) is 6.39. The lowest BCUT2D eigenvalue weighted by Gasteiger charge is -2.42. The fourth-order valence-corrected chi connectivity index (χ4v) is 2.97. The summed E-state index contributed by atoms with van der Waals surface area (Å²) in [5, 5.41) is 3.35. The van der Waals surface area contributed by atoms with E-state index in [4.69, 9.17) is 9.72 Å². The summed E-state index contributed by atoms with van der Waals surface area (Å²) >= 11 is 0. The average Bonchev–Trinajstić information content (AvgIpc) is 2.39. The Labute approximate surface area is 128 Å². The van der Waals surface area contributed by atoms with Crippen molar-refractivity contribution in [3.8, 4) is 0 Å². The van der Waals surface area contributed by atoms with Crippen LogP contribution in [0.1, 0.15) is 46.0 Å². The molecule has 5 heteroatoms. The fraction of sp³-hybridized carbons (Fsp3) is 0.750. The van der Waals surface area contributed by atoms with Gasteiger partial charge < -0.3 is 15.0 Å². The van der Waals surface area contributed by atoms with Crippen molar-refractivity contribution in [2.24, 2.45) is 0 Å². The van der Waals surface area contributed by atoms with E-state index in [-0.39, 0.29) is 11.7 Å². The molecule has 0 spiro atoms. The number of hydrogen-bond acceptors (Lipinski definition) is 5. The van der Waals surface area contributed by atoms with Crippen molar-refractivity contribution in [1.29, 1.82) is 0 Å². The van der Waals surface area contributed by atoms with Gasteiger partial charge >= 0.3 is 0 Å². The Hall–Kier alpha value is -1.36. The zero-order valence-electron chi connectivity index (χ0n) is 14.2. The Bertz CT molecular complexity index is 501. The van der Waals surface area contributed by atoms with E-state index in [1.54, 1.807) is 0 Å². The molecule has 118 valence electrons. The van der Waals surface area contributed by atoms with Gasteiger partial charge in [0.15, 0.2) is 0 Å². The summed E-state index contributed by atoms with van der Waals surface area (Å²) in [5.74, 6) is 2.89. The van der Waals surface area contributed by atoms with Crippen molar-refractivity contribution in [2.75, 3.05) is 29.9 Å². The van der Waals surface area contributed by atoms with Crippen molar-refractivity contribution in [2.45, 2.75) is 59.7 Å². The molecule has 2 heterocycles. The Morgan fingerprint density at radius 2 is 2.05 bits per heavy atom. The molecule has 1 saturated heterocycles. The summed E-state index contributed by atoms with van der Waals surface area (Å²) in [4.78, 5) is 11.7. The van der Waals surface area contributed by atoms with Crippen LogP contribution in [-0.4, -0.2) is 41.3 Å². The maximum Gasteiger partial charge on any atom is 0.137 e. The quantitative estimate of drug-likeness (QED) is 0.924. The predicted molar refractivity (Wildman–Crippen MR) is 87.1 cm³/mol. The van der Waals surface area contributed by atoms with Gasteiger partial charge in [0.2, 0.25) is 0 Å². The molecule has 0 saturated carbocycles. The highest BCUT2D eigenvalue weighted by molar-refractivity contribution is 5.59. The molecule has 1 aromatic rings. The minimum Gasteiger partial charge on any atom is -0.370 e. The first kappa shape index (κ1) is 16.0. The molecule has 1 aliphatic heterocycles. The molecule has 0 radical (unpaired) electrons. The number of nitrogens with one attached hydrogen (secondary N) is 1. The van der Waals surface area contributed by atoms with E-state index in [0.29, 0.717) is 0 Å². The number of anilines is 2. The summed E-state index contributed by atoms with van der Waals surface area (Å²) in [6, 6.07) is 0. The van der Waals surface area contributed by atoms with Gasteiger partial charge in [-0.25, -0.2) is 9.97 Å². The fourth-order valence-electron chi connectivity index (χ4n) is 2.97. The summed E-state index contributed by atoms with van der Waals surface area (Å²) < 4.78 is 6.00. The zero-order valence-corrected chi connectivity index (χ0v) is 14.2. The number of hydrogen-bond donors (Lipinski definition) is 1. The summed E-state index contributed by atoms with van der Waals surface area (Å²) in [7, 11) is 0. The highest BCUT2D eigenvalue weighted by Crippen LogP contribution is 2.29. The van der Waals surface area contributed by atoms with Gasteiger partial charge in [-0.05, 0) is 34.6 Å². The summed E-state index contributed by atoms with van der Waals surface area (Å²) in [6.07, 6.45) is 1.05. The Morgan fingerprint density at radius 1 is 1.33 bits per heavy atom. The lowest BCUT2D eigenvalue weighted by atomic mass is 10.0. The number of rotatable bonds is 4. The summed E-state index contributed by atoms with van der Waals surface area (Å²) in [5.41, 5.74) is 0.971. The van der Waals surface area contributed by atoms with Crippen molar-refractivity contribution in [1.82, 2.24) is 9.97 Å². The van der Waals surface area contributed by atoms with Crippen LogP contribution < -0.4 is 10.2 Å². The van der Waals surface area contributed by atoms with Crippen LogP contribution in [0.3, 0.4) is 0 Å². The van der Waals surface area contributed by atoms with E-state index in [1.165, 1.54) is 0 Å². The van der Waals surface area contributed by atoms with E-state index in [1.807, 2.05) is 0 Å². The minimum atomic E-state index is -0.153. The third kappa shape index (κ3) is 3.64. The third-order valence-corrected chi connectivity index (χ3v) is 3.70. The van der Waals surface area contributed by atoms with Crippen LogP contribution in [0.15, 0.2) is 0 Å². The van der Waals surface area contributed by atoms with Gasteiger partial charge in [-0.2, -0.15) is 0 Å². The molecular weight excluding hydrogens is 264 g/mol. The van der Waals surface area contributed by atoms with E-state index < -0.39 is 0 Å².